The van der Waals surface area contributed by atoms with Gasteiger partial charge in [0.05, 0.1) is 18.5 Å². The van der Waals surface area contributed by atoms with Crippen molar-refractivity contribution < 1.29 is 37.9 Å². The van der Waals surface area contributed by atoms with E-state index in [2.05, 4.69) is 48.5 Å². The first kappa shape index (κ1) is 39.5. The van der Waals surface area contributed by atoms with Crippen molar-refractivity contribution in [2.45, 2.75) is 152 Å². The van der Waals surface area contributed by atoms with Crippen molar-refractivity contribution in [3.63, 3.8) is 0 Å². The molecule has 1 unspecified atom stereocenters. The molecule has 292 valence electrons. The van der Waals surface area contributed by atoms with Gasteiger partial charge in [-0.3, -0.25) is 24.1 Å². The molecule has 0 radical (unpaired) electrons. The molecule has 5 aliphatic rings. The summed E-state index contributed by atoms with van der Waals surface area (Å²) >= 11 is 0. The number of hydrogen-bond donors (Lipinski definition) is 0. The molecule has 6 rings (SSSR count). The molecular formula is C44H63NO8. The second-order valence-corrected chi connectivity index (χ2v) is 19.9. The average Bonchev–Trinajstić information content (AvgIpc) is 3.63. The Bertz CT molecular complexity index is 1710. The van der Waals surface area contributed by atoms with Crippen LogP contribution in [0.25, 0.3) is 0 Å². The fraction of sp³-hybridized carbons (Fsp3) is 0.750. The molecule has 1 aromatic rings. The molecule has 0 bridgehead atoms. The molecule has 1 amide bonds. The van der Waals surface area contributed by atoms with E-state index in [1.807, 2.05) is 0 Å². The summed E-state index contributed by atoms with van der Waals surface area (Å²) in [6.07, 6.45) is 7.34. The number of aldehydes is 1. The van der Waals surface area contributed by atoms with Gasteiger partial charge in [0.2, 0.25) is 0 Å². The standard InChI is InChI=1S/C44H63NO8/c1-26(2)36-31(48)22-44(34(49)24-45(38(50)53-39(4,5)6)23-28-12-13-29(25-46)52-28)21-20-42(10)30(37(36)44)14-15-33-41(9)18-17-35(51-27(3)47)40(7,8)32(41)16-19-43(33,42)11/h12-13,25-26,30,32-33,35H,14-24H2,1-11H3/t30-,32+,33?,35+,41+,42-,43-,44+/m1/s1. The summed E-state index contributed by atoms with van der Waals surface area (Å²) in [5, 5.41) is 0. The molecule has 5 aliphatic carbocycles. The number of furan rings is 1. The van der Waals surface area contributed by atoms with Gasteiger partial charge < -0.3 is 13.9 Å². The topological polar surface area (TPSA) is 120 Å². The van der Waals surface area contributed by atoms with Crippen LogP contribution in [0, 0.1) is 50.7 Å². The lowest BCUT2D eigenvalue weighted by Crippen LogP contribution is -2.66. The van der Waals surface area contributed by atoms with Gasteiger partial charge in [-0.2, -0.15) is 0 Å². The predicted molar refractivity (Wildman–Crippen MR) is 201 cm³/mol. The van der Waals surface area contributed by atoms with Gasteiger partial charge in [-0.15, -0.1) is 0 Å². The Morgan fingerprint density at radius 1 is 0.943 bits per heavy atom. The van der Waals surface area contributed by atoms with Crippen LogP contribution < -0.4 is 0 Å². The summed E-state index contributed by atoms with van der Waals surface area (Å²) in [6, 6.07) is 3.18. The zero-order valence-electron chi connectivity index (χ0n) is 34.1. The zero-order chi connectivity index (χ0) is 39.1. The van der Waals surface area contributed by atoms with E-state index < -0.39 is 17.1 Å². The van der Waals surface area contributed by atoms with Gasteiger partial charge in [0.15, 0.2) is 23.6 Å². The minimum absolute atomic E-state index is 0.0143. The highest BCUT2D eigenvalue weighted by atomic mass is 16.6. The highest BCUT2D eigenvalue weighted by Gasteiger charge is 2.71. The van der Waals surface area contributed by atoms with Crippen LogP contribution in [0.1, 0.15) is 150 Å². The fourth-order valence-electron chi connectivity index (χ4n) is 12.9. The third-order valence-electron chi connectivity index (χ3n) is 15.3. The highest BCUT2D eigenvalue weighted by molar-refractivity contribution is 6.08. The van der Waals surface area contributed by atoms with Crippen LogP contribution in [0.2, 0.25) is 0 Å². The van der Waals surface area contributed by atoms with Gasteiger partial charge in [0.1, 0.15) is 17.5 Å². The van der Waals surface area contributed by atoms with Crippen LogP contribution in [0.15, 0.2) is 27.7 Å². The molecule has 0 aliphatic heterocycles. The van der Waals surface area contributed by atoms with Crippen LogP contribution in [-0.4, -0.2) is 53.1 Å². The zero-order valence-corrected chi connectivity index (χ0v) is 34.1. The van der Waals surface area contributed by atoms with Gasteiger partial charge in [-0.25, -0.2) is 4.79 Å². The molecule has 0 spiro atoms. The van der Waals surface area contributed by atoms with E-state index in [-0.39, 0.29) is 82.4 Å². The van der Waals surface area contributed by atoms with Crippen molar-refractivity contribution in [2.24, 2.45) is 50.7 Å². The number of fused-ring (bicyclic) bond motifs is 7. The van der Waals surface area contributed by atoms with E-state index in [4.69, 9.17) is 13.9 Å². The molecule has 0 saturated heterocycles. The van der Waals surface area contributed by atoms with Crippen LogP contribution in [0.5, 0.6) is 0 Å². The van der Waals surface area contributed by atoms with Gasteiger partial charge >= 0.3 is 12.1 Å². The van der Waals surface area contributed by atoms with E-state index in [0.29, 0.717) is 30.3 Å². The minimum Gasteiger partial charge on any atom is -0.462 e. The lowest BCUT2D eigenvalue weighted by molar-refractivity contribution is -0.232. The van der Waals surface area contributed by atoms with Gasteiger partial charge in [-0.05, 0) is 135 Å². The number of carbonyl (C=O) groups excluding carboxylic acids is 5. The van der Waals surface area contributed by atoms with Crippen molar-refractivity contribution in [1.29, 1.82) is 0 Å². The van der Waals surface area contributed by atoms with Crippen molar-refractivity contribution in [3.05, 3.63) is 34.8 Å². The minimum atomic E-state index is -0.980. The number of Topliss-reactive ketones (excluding diaryl/α,β-unsaturated/α-hetero) is 2. The number of ether oxygens (including phenoxy) is 2. The molecule has 0 aromatic carbocycles. The fourth-order valence-corrected chi connectivity index (χ4v) is 12.9. The lowest BCUT2D eigenvalue weighted by atomic mass is 9.33. The van der Waals surface area contributed by atoms with E-state index in [1.165, 1.54) is 11.8 Å². The van der Waals surface area contributed by atoms with Crippen molar-refractivity contribution in [1.82, 2.24) is 4.90 Å². The van der Waals surface area contributed by atoms with Crippen LogP contribution in [0.4, 0.5) is 4.79 Å². The number of ketones is 2. The Labute approximate surface area is 316 Å². The summed E-state index contributed by atoms with van der Waals surface area (Å²) in [4.78, 5) is 67.7. The van der Waals surface area contributed by atoms with Gasteiger partial charge in [-0.1, -0.05) is 48.5 Å². The number of allylic oxidation sites excluding steroid dienone is 2. The summed E-state index contributed by atoms with van der Waals surface area (Å²) in [5.41, 5.74) is -0.103. The second-order valence-electron chi connectivity index (χ2n) is 19.9. The van der Waals surface area contributed by atoms with Crippen LogP contribution in [0.3, 0.4) is 0 Å². The first-order chi connectivity index (χ1) is 24.5. The average molecular weight is 734 g/mol. The Morgan fingerprint density at radius 2 is 1.64 bits per heavy atom. The monoisotopic (exact) mass is 733 g/mol. The van der Waals surface area contributed by atoms with E-state index in [1.54, 1.807) is 32.9 Å². The summed E-state index contributed by atoms with van der Waals surface area (Å²) in [7, 11) is 0. The van der Waals surface area contributed by atoms with E-state index in [0.717, 1.165) is 56.1 Å². The predicted octanol–water partition coefficient (Wildman–Crippen LogP) is 9.31. The van der Waals surface area contributed by atoms with Crippen molar-refractivity contribution >= 4 is 29.9 Å². The highest BCUT2D eigenvalue weighted by Crippen LogP contribution is 2.76. The maximum Gasteiger partial charge on any atom is 0.411 e. The SMILES string of the molecule is CC(=O)O[C@H]1CC[C@]2(C)C3CC[C@@H]4C5=C(C(C)C)C(=O)C[C@]5(C(=O)CN(Cc5ccc(C=O)o5)C(=O)OC(C)(C)C)CC[C@@]4(C)[C@]3(C)CC[C@H]2C1(C)C. The summed E-state index contributed by atoms with van der Waals surface area (Å²) < 4.78 is 17.3. The second kappa shape index (κ2) is 13.2. The Balaban J connectivity index is 1.36. The largest absolute Gasteiger partial charge is 0.462 e. The lowest BCUT2D eigenvalue weighted by Gasteiger charge is -2.72. The molecule has 4 fully saturated rings. The number of rotatable bonds is 8. The molecule has 1 aromatic heterocycles. The summed E-state index contributed by atoms with van der Waals surface area (Å²) in [5.74, 6) is 1.18. The van der Waals surface area contributed by atoms with Crippen LogP contribution >= 0.6 is 0 Å². The van der Waals surface area contributed by atoms with E-state index in [9.17, 15) is 19.2 Å². The quantitative estimate of drug-likeness (QED) is 0.192. The number of nitrogens with zero attached hydrogens (tertiary/aromatic N) is 1. The third-order valence-corrected chi connectivity index (χ3v) is 15.3. The third kappa shape index (κ3) is 6.24. The van der Waals surface area contributed by atoms with Gasteiger partial charge in [0, 0.05) is 18.8 Å². The Morgan fingerprint density at radius 3 is 2.25 bits per heavy atom. The van der Waals surface area contributed by atoms with Crippen molar-refractivity contribution in [3.8, 4) is 0 Å². The maximum atomic E-state index is 15.0. The molecule has 9 heteroatoms. The molecule has 9 nitrogen and oxygen atoms in total. The molecule has 8 atom stereocenters. The van der Waals surface area contributed by atoms with Crippen LogP contribution in [-0.2, 0) is 30.4 Å². The maximum absolute atomic E-state index is 15.0. The smallest absolute Gasteiger partial charge is 0.411 e. The normalized spacial score (nSPS) is 36.2. The first-order valence-corrected chi connectivity index (χ1v) is 20.0. The number of esters is 1. The molecule has 53 heavy (non-hydrogen) atoms. The molecule has 1 heterocycles. The molecule has 4 saturated carbocycles. The van der Waals surface area contributed by atoms with E-state index >= 15 is 4.79 Å². The van der Waals surface area contributed by atoms with Crippen molar-refractivity contribution in [2.75, 3.05) is 6.54 Å². The molecular weight excluding hydrogens is 670 g/mol. The number of carbonyl (C=O) groups is 5. The number of hydrogen-bond acceptors (Lipinski definition) is 8. The van der Waals surface area contributed by atoms with Gasteiger partial charge in [0.25, 0.3) is 0 Å². The molecule has 0 N–H and O–H groups in total. The Kier molecular flexibility index (Phi) is 9.84. The summed E-state index contributed by atoms with van der Waals surface area (Å²) in [6.45, 7) is 22.8. The number of amides is 1. The Hall–Kier alpha value is -3.23. The first-order valence-electron chi connectivity index (χ1n) is 20.0.